The smallest absolute Gasteiger partial charge is 0.251 e. The molecule has 0 aromatic heterocycles. The highest BCUT2D eigenvalue weighted by Gasteiger charge is 2.35. The van der Waals surface area contributed by atoms with Gasteiger partial charge in [-0.3, -0.25) is 9.59 Å². The summed E-state index contributed by atoms with van der Waals surface area (Å²) in [4.78, 5) is 29.3. The molecule has 1 fully saturated rings. The van der Waals surface area contributed by atoms with Gasteiger partial charge in [-0.25, -0.2) is 4.39 Å². The van der Waals surface area contributed by atoms with Gasteiger partial charge in [0.2, 0.25) is 5.91 Å². The molecule has 0 bridgehead atoms. The van der Waals surface area contributed by atoms with E-state index < -0.39 is 0 Å². The fourth-order valence-corrected chi connectivity index (χ4v) is 5.12. The van der Waals surface area contributed by atoms with Crippen molar-refractivity contribution in [2.45, 2.75) is 32.6 Å². The van der Waals surface area contributed by atoms with Crippen molar-refractivity contribution in [3.8, 4) is 0 Å². The van der Waals surface area contributed by atoms with E-state index in [2.05, 4.69) is 10.2 Å². The summed E-state index contributed by atoms with van der Waals surface area (Å²) < 4.78 is 14.2. The average Bonchev–Trinajstić information content (AvgIpc) is 2.77. The molecule has 1 aliphatic heterocycles. The van der Waals surface area contributed by atoms with Gasteiger partial charge in [-0.05, 0) is 76.0 Å². The number of rotatable bonds is 9. The first-order valence-corrected chi connectivity index (χ1v) is 12.4. The summed E-state index contributed by atoms with van der Waals surface area (Å²) >= 11 is 13.1. The maximum atomic E-state index is 14.2. The third-order valence-electron chi connectivity index (χ3n) is 6.15. The van der Waals surface area contributed by atoms with Crippen molar-refractivity contribution in [2.24, 2.45) is 11.8 Å². The zero-order chi connectivity index (χ0) is 24.8. The number of halogens is 3. The van der Waals surface area contributed by atoms with Gasteiger partial charge in [-0.2, -0.15) is 0 Å². The van der Waals surface area contributed by atoms with Crippen molar-refractivity contribution in [3.05, 3.63) is 63.4 Å². The van der Waals surface area contributed by atoms with E-state index in [1.54, 1.807) is 29.2 Å². The summed E-state index contributed by atoms with van der Waals surface area (Å²) in [6, 6.07) is 9.80. The second-order valence-electron chi connectivity index (χ2n) is 9.30. The van der Waals surface area contributed by atoms with E-state index in [1.165, 1.54) is 6.07 Å². The van der Waals surface area contributed by atoms with Crippen LogP contribution in [-0.4, -0.2) is 50.4 Å². The normalized spacial score (nSPS) is 18.4. The Morgan fingerprint density at radius 2 is 1.85 bits per heavy atom. The van der Waals surface area contributed by atoms with Gasteiger partial charge in [0.1, 0.15) is 5.82 Å². The Bertz CT molecular complexity index is 1010. The number of amides is 2. The largest absolute Gasteiger partial charge is 0.352 e. The predicted octanol–water partition coefficient (Wildman–Crippen LogP) is 5.44. The molecule has 184 valence electrons. The lowest BCUT2D eigenvalue weighted by Crippen LogP contribution is -2.45. The van der Waals surface area contributed by atoms with Gasteiger partial charge >= 0.3 is 0 Å². The number of carbonyl (C=O) groups excluding carboxylic acids is 2. The number of benzene rings is 2. The lowest BCUT2D eigenvalue weighted by molar-refractivity contribution is -0.124. The Morgan fingerprint density at radius 1 is 1.18 bits per heavy atom. The molecule has 2 atom stereocenters. The minimum Gasteiger partial charge on any atom is -0.352 e. The van der Waals surface area contributed by atoms with E-state index in [4.69, 9.17) is 23.2 Å². The van der Waals surface area contributed by atoms with Crippen LogP contribution < -0.4 is 10.2 Å². The van der Waals surface area contributed by atoms with Crippen molar-refractivity contribution >= 4 is 40.7 Å². The molecular formula is C26H32Cl2FN3O2. The first-order chi connectivity index (χ1) is 16.2. The molecule has 1 N–H and O–H groups in total. The molecule has 3 rings (SSSR count). The van der Waals surface area contributed by atoms with E-state index in [0.29, 0.717) is 42.7 Å². The second-order valence-corrected chi connectivity index (χ2v) is 10.1. The minimum atomic E-state index is -0.254. The third-order valence-corrected chi connectivity index (χ3v) is 6.72. The van der Waals surface area contributed by atoms with Crippen LogP contribution in [0.25, 0.3) is 0 Å². The van der Waals surface area contributed by atoms with Gasteiger partial charge < -0.3 is 15.1 Å². The summed E-state index contributed by atoms with van der Waals surface area (Å²) in [6.45, 7) is 3.77. The molecule has 2 amide bonds. The molecule has 1 aliphatic rings. The SMILES string of the molecule is C[C@@H]1C[C@H](Cc2ccccc2F)CN(c2c(Cl)cc(C(=O)NCCCCN(C)C)cc2Cl)C1=O. The van der Waals surface area contributed by atoms with Gasteiger partial charge in [0.05, 0.1) is 15.7 Å². The molecule has 1 saturated heterocycles. The van der Waals surface area contributed by atoms with Crippen LogP contribution in [0.4, 0.5) is 10.1 Å². The number of piperidine rings is 1. The minimum absolute atomic E-state index is 0.0573. The third kappa shape index (κ3) is 6.71. The molecule has 2 aromatic carbocycles. The maximum Gasteiger partial charge on any atom is 0.251 e. The molecule has 1 heterocycles. The van der Waals surface area contributed by atoms with E-state index in [-0.39, 0.29) is 39.5 Å². The number of nitrogens with zero attached hydrogens (tertiary/aromatic N) is 2. The molecule has 0 unspecified atom stereocenters. The van der Waals surface area contributed by atoms with E-state index in [1.807, 2.05) is 27.1 Å². The van der Waals surface area contributed by atoms with Crippen LogP contribution >= 0.6 is 23.2 Å². The summed E-state index contributed by atoms with van der Waals surface area (Å²) in [6.07, 6.45) is 3.03. The van der Waals surface area contributed by atoms with Gasteiger partial charge in [0.25, 0.3) is 5.91 Å². The Labute approximate surface area is 211 Å². The molecule has 8 heteroatoms. The maximum absolute atomic E-state index is 14.2. The number of hydrogen-bond donors (Lipinski definition) is 1. The van der Waals surface area contributed by atoms with E-state index in [0.717, 1.165) is 19.4 Å². The number of anilines is 1. The van der Waals surface area contributed by atoms with Crippen LogP contribution in [0.1, 0.15) is 42.1 Å². The van der Waals surface area contributed by atoms with Crippen LogP contribution in [0.15, 0.2) is 36.4 Å². The van der Waals surface area contributed by atoms with Crippen LogP contribution in [0, 0.1) is 17.7 Å². The predicted molar refractivity (Wildman–Crippen MR) is 136 cm³/mol. The molecule has 5 nitrogen and oxygen atoms in total. The quantitative estimate of drug-likeness (QED) is 0.460. The molecule has 0 saturated carbocycles. The summed E-state index contributed by atoms with van der Waals surface area (Å²) in [5.74, 6) is -0.765. The topological polar surface area (TPSA) is 52.7 Å². The Balaban J connectivity index is 1.72. The van der Waals surface area contributed by atoms with Gasteiger partial charge in [0.15, 0.2) is 0 Å². The fraction of sp³-hybridized carbons (Fsp3) is 0.462. The highest BCUT2D eigenvalue weighted by Crippen LogP contribution is 2.39. The molecule has 2 aromatic rings. The molecule has 0 spiro atoms. The van der Waals surface area contributed by atoms with Gasteiger partial charge in [0, 0.05) is 24.6 Å². The lowest BCUT2D eigenvalue weighted by Gasteiger charge is -2.37. The van der Waals surface area contributed by atoms with Crippen molar-refractivity contribution in [2.75, 3.05) is 38.6 Å². The molecule has 34 heavy (non-hydrogen) atoms. The second kappa shape index (κ2) is 12.0. The van der Waals surface area contributed by atoms with Gasteiger partial charge in [-0.15, -0.1) is 0 Å². The highest BCUT2D eigenvalue weighted by atomic mass is 35.5. The van der Waals surface area contributed by atoms with Crippen LogP contribution in [-0.2, 0) is 11.2 Å². The first-order valence-electron chi connectivity index (χ1n) is 11.6. The standard InChI is InChI=1S/C26H32Cl2FN3O2/c1-17-12-18(13-19-8-4-5-9-23(19)29)16-32(26(17)34)24-21(27)14-20(15-22(24)28)25(33)30-10-6-7-11-31(2)3/h4-5,8-9,14-15,17-18H,6-7,10-13,16H2,1-3H3,(H,30,33)/t17-,18-/m1/s1. The average molecular weight is 508 g/mol. The van der Waals surface area contributed by atoms with Crippen molar-refractivity contribution in [1.82, 2.24) is 10.2 Å². The zero-order valence-electron chi connectivity index (χ0n) is 19.9. The highest BCUT2D eigenvalue weighted by molar-refractivity contribution is 6.40. The van der Waals surface area contributed by atoms with Crippen molar-refractivity contribution in [3.63, 3.8) is 0 Å². The molecule has 0 radical (unpaired) electrons. The summed E-state index contributed by atoms with van der Waals surface area (Å²) in [5.41, 5.74) is 1.39. The Kier molecular flexibility index (Phi) is 9.34. The van der Waals surface area contributed by atoms with Crippen LogP contribution in [0.3, 0.4) is 0 Å². The van der Waals surface area contributed by atoms with Crippen LogP contribution in [0.5, 0.6) is 0 Å². The van der Waals surface area contributed by atoms with Crippen molar-refractivity contribution < 1.29 is 14.0 Å². The van der Waals surface area contributed by atoms with E-state index in [9.17, 15) is 14.0 Å². The van der Waals surface area contributed by atoms with Crippen LogP contribution in [0.2, 0.25) is 10.0 Å². The Hall–Kier alpha value is -2.15. The lowest BCUT2D eigenvalue weighted by atomic mass is 9.85. The summed E-state index contributed by atoms with van der Waals surface area (Å²) in [5, 5.41) is 3.39. The number of nitrogens with one attached hydrogen (secondary N) is 1. The zero-order valence-corrected chi connectivity index (χ0v) is 21.4. The Morgan fingerprint density at radius 3 is 2.50 bits per heavy atom. The fourth-order valence-electron chi connectivity index (χ4n) is 4.43. The monoisotopic (exact) mass is 507 g/mol. The number of hydrogen-bond acceptors (Lipinski definition) is 3. The van der Waals surface area contributed by atoms with Gasteiger partial charge in [-0.1, -0.05) is 48.3 Å². The number of unbranched alkanes of at least 4 members (excludes halogenated alkanes) is 1. The van der Waals surface area contributed by atoms with Crippen molar-refractivity contribution in [1.29, 1.82) is 0 Å². The number of carbonyl (C=O) groups is 2. The molecule has 0 aliphatic carbocycles. The summed E-state index contributed by atoms with van der Waals surface area (Å²) in [7, 11) is 4.03. The molecular weight excluding hydrogens is 476 g/mol. The van der Waals surface area contributed by atoms with E-state index >= 15 is 0 Å². The first kappa shape index (κ1) is 26.5.